The molecule has 0 amide bonds. The smallest absolute Gasteiger partial charge is 0.171 e. The number of ketones is 1. The summed E-state index contributed by atoms with van der Waals surface area (Å²) in [6.07, 6.45) is 1.61. The van der Waals surface area contributed by atoms with Crippen LogP contribution in [0.4, 0.5) is 5.82 Å². The number of anilines is 1. The molecule has 1 unspecified atom stereocenters. The van der Waals surface area contributed by atoms with Crippen molar-refractivity contribution in [1.82, 2.24) is 4.98 Å². The number of carbonyl (C=O) groups is 1. The molecule has 4 N–H and O–H groups in total. The van der Waals surface area contributed by atoms with Crippen molar-refractivity contribution in [1.29, 1.82) is 0 Å². The molecule has 1 rings (SSSR count). The molecule has 4 heteroatoms. The predicted molar refractivity (Wildman–Crippen MR) is 65.1 cm³/mol. The molecule has 0 aliphatic rings. The van der Waals surface area contributed by atoms with Crippen molar-refractivity contribution >= 4 is 11.6 Å². The second kappa shape index (κ2) is 5.07. The van der Waals surface area contributed by atoms with Crippen LogP contribution in [0.15, 0.2) is 12.3 Å². The fraction of sp³-hybridized carbons (Fsp3) is 0.500. The maximum atomic E-state index is 12.3. The first-order valence-electron chi connectivity index (χ1n) is 5.44. The van der Waals surface area contributed by atoms with Crippen LogP contribution in [0.5, 0.6) is 0 Å². The van der Waals surface area contributed by atoms with E-state index < -0.39 is 0 Å². The molecule has 1 atom stereocenters. The van der Waals surface area contributed by atoms with Crippen LogP contribution >= 0.6 is 0 Å². The highest BCUT2D eigenvalue weighted by molar-refractivity contribution is 6.03. The third-order valence-corrected chi connectivity index (χ3v) is 2.83. The van der Waals surface area contributed by atoms with Crippen molar-refractivity contribution in [3.63, 3.8) is 0 Å². The third-order valence-electron chi connectivity index (χ3n) is 2.83. The average Bonchev–Trinajstić information content (AvgIpc) is 2.17. The molecule has 0 bridgehead atoms. The first-order valence-corrected chi connectivity index (χ1v) is 5.44. The van der Waals surface area contributed by atoms with Crippen LogP contribution in [0.2, 0.25) is 0 Å². The molecule has 0 spiro atoms. The summed E-state index contributed by atoms with van der Waals surface area (Å²) in [5, 5.41) is 0. The lowest BCUT2D eigenvalue weighted by Crippen LogP contribution is -2.29. The van der Waals surface area contributed by atoms with Crippen molar-refractivity contribution in [3.8, 4) is 0 Å². The highest BCUT2D eigenvalue weighted by Crippen LogP contribution is 2.22. The van der Waals surface area contributed by atoms with E-state index in [2.05, 4.69) is 4.98 Å². The Morgan fingerprint density at radius 3 is 2.56 bits per heavy atom. The Morgan fingerprint density at radius 1 is 1.50 bits per heavy atom. The lowest BCUT2D eigenvalue weighted by molar-refractivity contribution is 0.0892. The molecule has 16 heavy (non-hydrogen) atoms. The SMILES string of the molecule is Cc1ccnc(N)c1C(=O)C(CN)C(C)C. The highest BCUT2D eigenvalue weighted by atomic mass is 16.1. The van der Waals surface area contributed by atoms with Crippen LogP contribution in [0.3, 0.4) is 0 Å². The van der Waals surface area contributed by atoms with Gasteiger partial charge in [0, 0.05) is 18.7 Å². The molecule has 0 saturated carbocycles. The molecular formula is C12H19N3O. The Labute approximate surface area is 96.0 Å². The van der Waals surface area contributed by atoms with Crippen molar-refractivity contribution in [2.75, 3.05) is 12.3 Å². The van der Waals surface area contributed by atoms with E-state index in [1.54, 1.807) is 12.3 Å². The second-order valence-electron chi connectivity index (χ2n) is 4.34. The summed E-state index contributed by atoms with van der Waals surface area (Å²) in [6.45, 7) is 6.16. The van der Waals surface area contributed by atoms with E-state index in [-0.39, 0.29) is 17.6 Å². The summed E-state index contributed by atoms with van der Waals surface area (Å²) in [5.74, 6) is 0.311. The fourth-order valence-electron chi connectivity index (χ4n) is 1.77. The highest BCUT2D eigenvalue weighted by Gasteiger charge is 2.25. The number of rotatable bonds is 4. The molecule has 4 nitrogen and oxygen atoms in total. The van der Waals surface area contributed by atoms with E-state index in [1.165, 1.54) is 0 Å². The minimum Gasteiger partial charge on any atom is -0.383 e. The molecule has 0 aromatic carbocycles. The van der Waals surface area contributed by atoms with E-state index in [1.807, 2.05) is 20.8 Å². The third kappa shape index (κ3) is 2.39. The molecule has 0 aliphatic heterocycles. The van der Waals surface area contributed by atoms with Crippen molar-refractivity contribution in [2.24, 2.45) is 17.6 Å². The van der Waals surface area contributed by atoms with Gasteiger partial charge in [0.05, 0.1) is 5.56 Å². The molecule has 0 radical (unpaired) electrons. The Hall–Kier alpha value is -1.42. The zero-order valence-corrected chi connectivity index (χ0v) is 10.0. The summed E-state index contributed by atoms with van der Waals surface area (Å²) < 4.78 is 0. The van der Waals surface area contributed by atoms with Crippen LogP contribution in [-0.2, 0) is 0 Å². The lowest BCUT2D eigenvalue weighted by Gasteiger charge is -2.19. The van der Waals surface area contributed by atoms with Gasteiger partial charge in [0.15, 0.2) is 5.78 Å². The summed E-state index contributed by atoms with van der Waals surface area (Å²) in [7, 11) is 0. The monoisotopic (exact) mass is 221 g/mol. The van der Waals surface area contributed by atoms with E-state index in [0.717, 1.165) is 5.56 Å². The van der Waals surface area contributed by atoms with Crippen LogP contribution < -0.4 is 11.5 Å². The number of hydrogen-bond donors (Lipinski definition) is 2. The van der Waals surface area contributed by atoms with Gasteiger partial charge >= 0.3 is 0 Å². The number of Topliss-reactive ketones (excluding diaryl/α,β-unsaturated/α-hetero) is 1. The molecule has 1 aromatic heterocycles. The molecule has 88 valence electrons. The predicted octanol–water partition coefficient (Wildman–Crippen LogP) is 1.39. The number of nitrogens with two attached hydrogens (primary N) is 2. The summed E-state index contributed by atoms with van der Waals surface area (Å²) >= 11 is 0. The van der Waals surface area contributed by atoms with Crippen LogP contribution in [0.1, 0.15) is 29.8 Å². The minimum absolute atomic E-state index is 0.000556. The topological polar surface area (TPSA) is 82.0 Å². The van der Waals surface area contributed by atoms with Crippen LogP contribution in [0, 0.1) is 18.8 Å². The van der Waals surface area contributed by atoms with Crippen LogP contribution in [-0.4, -0.2) is 17.3 Å². The standard InChI is InChI=1S/C12H19N3O/c1-7(2)9(6-13)11(16)10-8(3)4-5-15-12(10)14/h4-5,7,9H,6,13H2,1-3H3,(H2,14,15). The van der Waals surface area contributed by atoms with Gasteiger partial charge in [0.25, 0.3) is 0 Å². The Morgan fingerprint density at radius 2 is 2.12 bits per heavy atom. The van der Waals surface area contributed by atoms with Crippen molar-refractivity contribution in [2.45, 2.75) is 20.8 Å². The van der Waals surface area contributed by atoms with Gasteiger partial charge in [-0.1, -0.05) is 13.8 Å². The normalized spacial score (nSPS) is 12.8. The summed E-state index contributed by atoms with van der Waals surface area (Å²) in [6, 6.07) is 1.79. The van der Waals surface area contributed by atoms with Gasteiger partial charge in [-0.3, -0.25) is 4.79 Å². The first-order chi connectivity index (χ1) is 7.49. The Balaban J connectivity index is 3.13. The van der Waals surface area contributed by atoms with E-state index >= 15 is 0 Å². The molecule has 0 fully saturated rings. The van der Waals surface area contributed by atoms with Gasteiger partial charge in [0.2, 0.25) is 0 Å². The van der Waals surface area contributed by atoms with E-state index in [0.29, 0.717) is 17.9 Å². The minimum atomic E-state index is -0.190. The lowest BCUT2D eigenvalue weighted by atomic mass is 9.87. The molecule has 1 aromatic rings. The number of hydrogen-bond acceptors (Lipinski definition) is 4. The number of nitrogen functional groups attached to an aromatic ring is 1. The Bertz CT molecular complexity index is 368. The van der Waals surface area contributed by atoms with Gasteiger partial charge in [-0.15, -0.1) is 0 Å². The number of carbonyl (C=O) groups excluding carboxylic acids is 1. The van der Waals surface area contributed by atoms with Gasteiger partial charge in [0.1, 0.15) is 5.82 Å². The van der Waals surface area contributed by atoms with Gasteiger partial charge in [-0.25, -0.2) is 4.98 Å². The number of aryl methyl sites for hydroxylation is 1. The van der Waals surface area contributed by atoms with E-state index in [4.69, 9.17) is 11.5 Å². The fourth-order valence-corrected chi connectivity index (χ4v) is 1.77. The maximum absolute atomic E-state index is 12.3. The zero-order valence-electron chi connectivity index (χ0n) is 10.0. The zero-order chi connectivity index (χ0) is 12.3. The molecule has 0 saturated heterocycles. The number of pyridine rings is 1. The number of nitrogens with zero attached hydrogens (tertiary/aromatic N) is 1. The average molecular weight is 221 g/mol. The van der Waals surface area contributed by atoms with Gasteiger partial charge in [-0.2, -0.15) is 0 Å². The van der Waals surface area contributed by atoms with Gasteiger partial charge in [-0.05, 0) is 24.5 Å². The molecular weight excluding hydrogens is 202 g/mol. The first kappa shape index (κ1) is 12.6. The van der Waals surface area contributed by atoms with E-state index in [9.17, 15) is 4.79 Å². The van der Waals surface area contributed by atoms with Gasteiger partial charge < -0.3 is 11.5 Å². The van der Waals surface area contributed by atoms with Crippen molar-refractivity contribution < 1.29 is 4.79 Å². The molecule has 0 aliphatic carbocycles. The largest absolute Gasteiger partial charge is 0.383 e. The summed E-state index contributed by atoms with van der Waals surface area (Å²) in [4.78, 5) is 16.2. The number of aromatic nitrogens is 1. The summed E-state index contributed by atoms with van der Waals surface area (Å²) in [5.41, 5.74) is 12.8. The Kier molecular flexibility index (Phi) is 4.01. The maximum Gasteiger partial charge on any atom is 0.171 e. The molecule has 1 heterocycles. The second-order valence-corrected chi connectivity index (χ2v) is 4.34. The quantitative estimate of drug-likeness (QED) is 0.753. The van der Waals surface area contributed by atoms with Crippen LogP contribution in [0.25, 0.3) is 0 Å². The van der Waals surface area contributed by atoms with Crippen molar-refractivity contribution in [3.05, 3.63) is 23.4 Å².